The van der Waals surface area contributed by atoms with Crippen molar-refractivity contribution in [1.82, 2.24) is 9.97 Å². The number of nitro benzene ring substituents is 1. The largest absolute Gasteiger partial charge is 0.338 e. The average Bonchev–Trinajstić information content (AvgIpc) is 2.81. The summed E-state index contributed by atoms with van der Waals surface area (Å²) in [6.07, 6.45) is 0. The van der Waals surface area contributed by atoms with Crippen LogP contribution in [0, 0.1) is 15.9 Å². The number of nitrogens with one attached hydrogen (secondary N) is 1. The molecule has 0 saturated carbocycles. The second-order valence-electron chi connectivity index (χ2n) is 4.05. The minimum Gasteiger partial charge on any atom is -0.338 e. The SMILES string of the molecule is O=[N+]([O-])c1ccc2nc(-c3cccc(F)c3)[nH]c2c1. The second kappa shape index (κ2) is 4.16. The van der Waals surface area contributed by atoms with Crippen LogP contribution in [0.2, 0.25) is 0 Å². The third-order valence-electron chi connectivity index (χ3n) is 2.77. The summed E-state index contributed by atoms with van der Waals surface area (Å²) in [6, 6.07) is 10.4. The van der Waals surface area contributed by atoms with E-state index < -0.39 is 4.92 Å². The number of hydrogen-bond acceptors (Lipinski definition) is 3. The quantitative estimate of drug-likeness (QED) is 0.565. The molecule has 0 spiro atoms. The number of H-pyrrole nitrogens is 1. The van der Waals surface area contributed by atoms with E-state index >= 15 is 0 Å². The van der Waals surface area contributed by atoms with Crippen molar-refractivity contribution in [1.29, 1.82) is 0 Å². The normalized spacial score (nSPS) is 10.8. The zero-order chi connectivity index (χ0) is 13.4. The summed E-state index contributed by atoms with van der Waals surface area (Å²) in [5.41, 5.74) is 1.74. The maximum atomic E-state index is 13.1. The lowest BCUT2D eigenvalue weighted by Gasteiger charge is -1.95. The molecule has 0 bridgehead atoms. The van der Waals surface area contributed by atoms with Gasteiger partial charge in [0.05, 0.1) is 16.0 Å². The highest BCUT2D eigenvalue weighted by molar-refractivity contribution is 5.81. The molecule has 2 aromatic carbocycles. The molecule has 0 saturated heterocycles. The van der Waals surface area contributed by atoms with Crippen molar-refractivity contribution in [3.05, 3.63) is 58.4 Å². The molecule has 0 aliphatic heterocycles. The van der Waals surface area contributed by atoms with Crippen LogP contribution >= 0.6 is 0 Å². The molecule has 1 aromatic heterocycles. The van der Waals surface area contributed by atoms with E-state index in [1.165, 1.54) is 24.3 Å². The number of imidazole rings is 1. The zero-order valence-corrected chi connectivity index (χ0v) is 9.63. The molecular weight excluding hydrogens is 249 g/mol. The highest BCUT2D eigenvalue weighted by atomic mass is 19.1. The molecule has 0 fully saturated rings. The van der Waals surface area contributed by atoms with E-state index in [1.54, 1.807) is 18.2 Å². The van der Waals surface area contributed by atoms with Crippen molar-refractivity contribution in [3.63, 3.8) is 0 Å². The van der Waals surface area contributed by atoms with Crippen molar-refractivity contribution in [3.8, 4) is 11.4 Å². The van der Waals surface area contributed by atoms with Gasteiger partial charge in [0.1, 0.15) is 11.6 Å². The lowest BCUT2D eigenvalue weighted by atomic mass is 10.2. The number of nitrogens with zero attached hydrogens (tertiary/aromatic N) is 2. The first-order chi connectivity index (χ1) is 9.13. The van der Waals surface area contributed by atoms with Crippen LogP contribution in [0.4, 0.5) is 10.1 Å². The summed E-state index contributed by atoms with van der Waals surface area (Å²) in [5.74, 6) is 0.124. The van der Waals surface area contributed by atoms with Gasteiger partial charge in [-0.15, -0.1) is 0 Å². The molecule has 0 radical (unpaired) electrons. The Hall–Kier alpha value is -2.76. The lowest BCUT2D eigenvalue weighted by Crippen LogP contribution is -1.86. The van der Waals surface area contributed by atoms with E-state index in [0.29, 0.717) is 22.4 Å². The molecule has 0 amide bonds. The Kier molecular flexibility index (Phi) is 2.49. The third-order valence-corrected chi connectivity index (χ3v) is 2.77. The van der Waals surface area contributed by atoms with Crippen LogP contribution in [-0.2, 0) is 0 Å². The maximum absolute atomic E-state index is 13.1. The van der Waals surface area contributed by atoms with Crippen LogP contribution in [0.15, 0.2) is 42.5 Å². The lowest BCUT2D eigenvalue weighted by molar-refractivity contribution is -0.384. The van der Waals surface area contributed by atoms with Crippen LogP contribution in [0.3, 0.4) is 0 Å². The van der Waals surface area contributed by atoms with Crippen LogP contribution in [0.1, 0.15) is 0 Å². The number of nitro groups is 1. The summed E-state index contributed by atoms with van der Waals surface area (Å²) in [4.78, 5) is 17.4. The molecule has 0 aliphatic carbocycles. The first-order valence-corrected chi connectivity index (χ1v) is 5.53. The van der Waals surface area contributed by atoms with E-state index in [1.807, 2.05) is 0 Å². The number of rotatable bonds is 2. The fraction of sp³-hybridized carbons (Fsp3) is 0. The molecule has 5 nitrogen and oxygen atoms in total. The zero-order valence-electron chi connectivity index (χ0n) is 9.63. The summed E-state index contributed by atoms with van der Waals surface area (Å²) < 4.78 is 13.1. The Labute approximate surface area is 106 Å². The van der Waals surface area contributed by atoms with Gasteiger partial charge in [0, 0.05) is 17.7 Å². The van der Waals surface area contributed by atoms with Gasteiger partial charge in [0.25, 0.3) is 5.69 Å². The molecule has 0 unspecified atom stereocenters. The molecular formula is C13H8FN3O2. The first kappa shape index (κ1) is 11.3. The molecule has 1 heterocycles. The first-order valence-electron chi connectivity index (χ1n) is 5.53. The number of aromatic amines is 1. The van der Waals surface area contributed by atoms with Crippen molar-refractivity contribution in [2.75, 3.05) is 0 Å². The molecule has 1 N–H and O–H groups in total. The molecule has 3 rings (SSSR count). The Balaban J connectivity index is 2.14. The summed E-state index contributed by atoms with van der Waals surface area (Å²) >= 11 is 0. The van der Waals surface area contributed by atoms with Crippen molar-refractivity contribution in [2.24, 2.45) is 0 Å². The monoisotopic (exact) mass is 257 g/mol. The van der Waals surface area contributed by atoms with Gasteiger partial charge in [-0.05, 0) is 18.2 Å². The summed E-state index contributed by atoms with van der Waals surface area (Å²) in [7, 11) is 0. The van der Waals surface area contributed by atoms with Gasteiger partial charge in [-0.2, -0.15) is 0 Å². The summed E-state index contributed by atoms with van der Waals surface area (Å²) in [6.45, 7) is 0. The van der Waals surface area contributed by atoms with Crippen LogP contribution in [0.5, 0.6) is 0 Å². The Morgan fingerprint density at radius 3 is 2.79 bits per heavy atom. The maximum Gasteiger partial charge on any atom is 0.271 e. The topological polar surface area (TPSA) is 71.8 Å². The smallest absolute Gasteiger partial charge is 0.271 e. The second-order valence-corrected chi connectivity index (χ2v) is 4.05. The number of fused-ring (bicyclic) bond motifs is 1. The van der Waals surface area contributed by atoms with Crippen molar-refractivity contribution >= 4 is 16.7 Å². The van der Waals surface area contributed by atoms with E-state index in [4.69, 9.17) is 0 Å². The minimum absolute atomic E-state index is 0.0121. The highest BCUT2D eigenvalue weighted by Crippen LogP contribution is 2.23. The Bertz CT molecular complexity index is 782. The van der Waals surface area contributed by atoms with E-state index in [-0.39, 0.29) is 11.5 Å². The van der Waals surface area contributed by atoms with Gasteiger partial charge in [-0.25, -0.2) is 9.37 Å². The predicted molar refractivity (Wildman–Crippen MR) is 68.1 cm³/mol. The van der Waals surface area contributed by atoms with Gasteiger partial charge in [0.2, 0.25) is 0 Å². The highest BCUT2D eigenvalue weighted by Gasteiger charge is 2.10. The standard InChI is InChI=1S/C13H8FN3O2/c14-9-3-1-2-8(6-9)13-15-11-5-4-10(17(18)19)7-12(11)16-13/h1-7H,(H,15,16). The summed E-state index contributed by atoms with van der Waals surface area (Å²) in [5, 5.41) is 10.7. The number of hydrogen-bond donors (Lipinski definition) is 1. The van der Waals surface area contributed by atoms with Crippen molar-refractivity contribution < 1.29 is 9.31 Å². The number of halogens is 1. The van der Waals surface area contributed by atoms with Crippen LogP contribution < -0.4 is 0 Å². The molecule has 0 atom stereocenters. The molecule has 6 heteroatoms. The molecule has 94 valence electrons. The van der Waals surface area contributed by atoms with Gasteiger partial charge < -0.3 is 4.98 Å². The molecule has 0 aliphatic rings. The average molecular weight is 257 g/mol. The minimum atomic E-state index is -0.470. The van der Waals surface area contributed by atoms with Crippen molar-refractivity contribution in [2.45, 2.75) is 0 Å². The fourth-order valence-electron chi connectivity index (χ4n) is 1.88. The van der Waals surface area contributed by atoms with E-state index in [2.05, 4.69) is 9.97 Å². The van der Waals surface area contributed by atoms with Gasteiger partial charge in [0.15, 0.2) is 0 Å². The van der Waals surface area contributed by atoms with E-state index in [0.717, 1.165) is 0 Å². The van der Waals surface area contributed by atoms with Crippen LogP contribution in [-0.4, -0.2) is 14.9 Å². The number of non-ortho nitro benzene ring substituents is 1. The molecule has 3 aromatic rings. The van der Waals surface area contributed by atoms with Gasteiger partial charge >= 0.3 is 0 Å². The number of benzene rings is 2. The van der Waals surface area contributed by atoms with E-state index in [9.17, 15) is 14.5 Å². The van der Waals surface area contributed by atoms with Gasteiger partial charge in [-0.1, -0.05) is 12.1 Å². The fourth-order valence-corrected chi connectivity index (χ4v) is 1.88. The third kappa shape index (κ3) is 2.03. The predicted octanol–water partition coefficient (Wildman–Crippen LogP) is 3.28. The number of aromatic nitrogens is 2. The Morgan fingerprint density at radius 1 is 1.21 bits per heavy atom. The molecule has 19 heavy (non-hydrogen) atoms. The van der Waals surface area contributed by atoms with Crippen LogP contribution in [0.25, 0.3) is 22.4 Å². The van der Waals surface area contributed by atoms with Gasteiger partial charge in [-0.3, -0.25) is 10.1 Å². The Morgan fingerprint density at radius 2 is 2.05 bits per heavy atom.